The van der Waals surface area contributed by atoms with Gasteiger partial charge in [0.25, 0.3) is 0 Å². The zero-order valence-corrected chi connectivity index (χ0v) is 18.3. The molecule has 9 nitrogen and oxygen atoms in total. The van der Waals surface area contributed by atoms with Crippen LogP contribution in [0.15, 0.2) is 42.6 Å². The first-order valence-corrected chi connectivity index (χ1v) is 10.1. The van der Waals surface area contributed by atoms with Gasteiger partial charge in [-0.2, -0.15) is 0 Å². The van der Waals surface area contributed by atoms with Crippen LogP contribution in [-0.4, -0.2) is 37.6 Å². The lowest BCUT2D eigenvalue weighted by Crippen LogP contribution is -2.30. The first kappa shape index (κ1) is 23.3. The monoisotopic (exact) mass is 458 g/mol. The average molecular weight is 459 g/mol. The Morgan fingerprint density at radius 1 is 1.19 bits per heavy atom. The van der Waals surface area contributed by atoms with Crippen molar-refractivity contribution in [1.82, 2.24) is 10.3 Å². The Labute approximate surface area is 189 Å². The summed E-state index contributed by atoms with van der Waals surface area (Å²) < 4.78 is 11.2. The highest BCUT2D eigenvalue weighted by atomic mass is 35.5. The van der Waals surface area contributed by atoms with E-state index in [1.165, 1.54) is 14.2 Å². The zero-order chi connectivity index (χ0) is 23.1. The molecule has 0 atom stereocenters. The molecule has 1 aliphatic carbocycles. The van der Waals surface area contributed by atoms with Gasteiger partial charge < -0.3 is 24.9 Å². The summed E-state index contributed by atoms with van der Waals surface area (Å²) in [4.78, 5) is 31.3. The molecule has 0 aliphatic heterocycles. The van der Waals surface area contributed by atoms with Crippen LogP contribution in [0.4, 0.5) is 10.5 Å². The molecule has 1 heterocycles. The molecule has 4 rings (SSSR count). The number of aldehydes is 1. The molecule has 1 saturated carbocycles. The van der Waals surface area contributed by atoms with Crippen molar-refractivity contribution in [3.8, 4) is 17.2 Å². The molecule has 2 aromatic carbocycles. The zero-order valence-electron chi connectivity index (χ0n) is 17.6. The van der Waals surface area contributed by atoms with E-state index in [1.807, 2.05) is 0 Å². The van der Waals surface area contributed by atoms with Crippen molar-refractivity contribution in [3.05, 3.63) is 53.2 Å². The number of nitrogens with one attached hydrogen (secondary N) is 2. The predicted molar refractivity (Wildman–Crippen MR) is 122 cm³/mol. The molecule has 2 amide bonds. The number of anilines is 1. The van der Waals surface area contributed by atoms with Gasteiger partial charge >= 0.3 is 6.03 Å². The van der Waals surface area contributed by atoms with Crippen molar-refractivity contribution in [1.29, 1.82) is 0 Å². The summed E-state index contributed by atoms with van der Waals surface area (Å²) in [6.07, 6.45) is 4.34. The van der Waals surface area contributed by atoms with E-state index in [0.717, 1.165) is 19.1 Å². The highest BCUT2D eigenvalue weighted by Gasteiger charge is 2.23. The maximum absolute atomic E-state index is 11.9. The number of rotatable bonds is 6. The molecule has 0 unspecified atom stereocenters. The van der Waals surface area contributed by atoms with Crippen LogP contribution in [-0.2, 0) is 4.84 Å². The number of urea groups is 1. The van der Waals surface area contributed by atoms with Crippen LogP contribution >= 0.6 is 11.6 Å². The summed E-state index contributed by atoms with van der Waals surface area (Å²) in [6.45, 7) is 0. The van der Waals surface area contributed by atoms with Gasteiger partial charge in [0, 0.05) is 29.8 Å². The molecule has 1 aliphatic rings. The van der Waals surface area contributed by atoms with Crippen LogP contribution in [0.5, 0.6) is 17.2 Å². The Hall–Kier alpha value is -3.40. The molecule has 0 saturated heterocycles. The fraction of sp³-hybridized carbons (Fsp3) is 0.227. The van der Waals surface area contributed by atoms with Crippen LogP contribution in [0.1, 0.15) is 23.2 Å². The van der Waals surface area contributed by atoms with Gasteiger partial charge in [0.05, 0.1) is 36.0 Å². The number of nitrogens with two attached hydrogens (primary N) is 1. The second-order valence-electron chi connectivity index (χ2n) is 6.89. The first-order chi connectivity index (χ1) is 15.5. The average Bonchev–Trinajstić information content (AvgIpc) is 3.59. The van der Waals surface area contributed by atoms with Crippen molar-refractivity contribution < 1.29 is 23.9 Å². The Kier molecular flexibility index (Phi) is 7.82. The summed E-state index contributed by atoms with van der Waals surface area (Å²) >= 11 is 6.30. The van der Waals surface area contributed by atoms with Crippen molar-refractivity contribution >= 4 is 40.5 Å². The number of fused-ring (bicyclic) bond motifs is 1. The molecule has 4 N–H and O–H groups in total. The van der Waals surface area contributed by atoms with Crippen LogP contribution in [0, 0.1) is 0 Å². The van der Waals surface area contributed by atoms with E-state index in [4.69, 9.17) is 21.1 Å². The normalized spacial score (nSPS) is 12.4. The number of nitrogens with zero attached hydrogens (tertiary/aromatic N) is 1. The number of methoxy groups -OCH3 is 1. The van der Waals surface area contributed by atoms with Crippen LogP contribution in [0.2, 0.25) is 5.02 Å². The third-order valence-corrected chi connectivity index (χ3v) is 4.82. The summed E-state index contributed by atoms with van der Waals surface area (Å²) in [5.41, 5.74) is 1.52. The lowest BCUT2D eigenvalue weighted by molar-refractivity contribution is 0.112. The molecule has 3 aromatic rings. The number of halogens is 1. The molecule has 0 radical (unpaired) electrons. The SMILES string of the molecule is CON.COc1cc2nccc(Oc3ccc(NC(=O)NC4CC4)c(Cl)c3)c2cc1C=O. The van der Waals surface area contributed by atoms with E-state index < -0.39 is 0 Å². The van der Waals surface area contributed by atoms with Gasteiger partial charge in [-0.1, -0.05) is 11.6 Å². The summed E-state index contributed by atoms with van der Waals surface area (Å²) in [7, 11) is 2.90. The second-order valence-corrected chi connectivity index (χ2v) is 7.30. The van der Waals surface area contributed by atoms with E-state index in [2.05, 4.69) is 26.4 Å². The summed E-state index contributed by atoms with van der Waals surface area (Å²) in [6, 6.07) is 10.0. The molecule has 10 heteroatoms. The van der Waals surface area contributed by atoms with Gasteiger partial charge in [-0.3, -0.25) is 9.78 Å². The Bertz CT molecular complexity index is 1120. The fourth-order valence-electron chi connectivity index (χ4n) is 2.88. The minimum absolute atomic E-state index is 0.256. The number of benzene rings is 2. The molecular weight excluding hydrogens is 436 g/mol. The summed E-state index contributed by atoms with van der Waals surface area (Å²) in [5, 5.41) is 6.58. The Morgan fingerprint density at radius 3 is 2.56 bits per heavy atom. The Morgan fingerprint density at radius 2 is 1.94 bits per heavy atom. The third kappa shape index (κ3) is 5.85. The number of amides is 2. The predicted octanol–water partition coefficient (Wildman–Crippen LogP) is 4.29. The van der Waals surface area contributed by atoms with Crippen molar-refractivity contribution in [2.45, 2.75) is 18.9 Å². The van der Waals surface area contributed by atoms with Gasteiger partial charge in [-0.05, 0) is 37.1 Å². The molecule has 1 fully saturated rings. The van der Waals surface area contributed by atoms with E-state index in [1.54, 1.807) is 42.6 Å². The molecule has 0 spiro atoms. The minimum atomic E-state index is -0.279. The Balaban J connectivity index is 0.000000913. The lowest BCUT2D eigenvalue weighted by atomic mass is 10.1. The summed E-state index contributed by atoms with van der Waals surface area (Å²) in [5.74, 6) is 5.79. The molecule has 32 heavy (non-hydrogen) atoms. The lowest BCUT2D eigenvalue weighted by Gasteiger charge is -2.13. The number of ether oxygens (including phenoxy) is 2. The molecular formula is C22H23ClN4O5. The number of hydrogen-bond acceptors (Lipinski definition) is 7. The van der Waals surface area contributed by atoms with E-state index in [0.29, 0.717) is 44.4 Å². The highest BCUT2D eigenvalue weighted by Crippen LogP contribution is 2.35. The first-order valence-electron chi connectivity index (χ1n) is 9.68. The third-order valence-electron chi connectivity index (χ3n) is 4.51. The molecule has 0 bridgehead atoms. The van der Waals surface area contributed by atoms with E-state index in [-0.39, 0.29) is 12.1 Å². The van der Waals surface area contributed by atoms with Crippen LogP contribution < -0.4 is 26.0 Å². The van der Waals surface area contributed by atoms with Gasteiger partial charge in [-0.15, -0.1) is 0 Å². The fourth-order valence-corrected chi connectivity index (χ4v) is 3.10. The standard InChI is InChI=1S/C21H18ClN3O4.CH5NO/c1-28-20-10-18-15(8-12(20)11-26)19(6-7-23-18)29-14-4-5-17(16(22)9-14)25-21(27)24-13-2-3-13;1-3-2/h4-11,13H,2-3H2,1H3,(H2,24,25,27);2H2,1H3. The van der Waals surface area contributed by atoms with Crippen LogP contribution in [0.3, 0.4) is 0 Å². The molecule has 168 valence electrons. The second kappa shape index (κ2) is 10.8. The number of carbonyl (C=O) groups excluding carboxylic acids is 2. The number of pyridine rings is 1. The maximum atomic E-state index is 11.9. The smallest absolute Gasteiger partial charge is 0.319 e. The number of hydrogen-bond donors (Lipinski definition) is 3. The van der Waals surface area contributed by atoms with Gasteiger partial charge in [0.15, 0.2) is 6.29 Å². The number of carbonyl (C=O) groups is 2. The largest absolute Gasteiger partial charge is 0.496 e. The van der Waals surface area contributed by atoms with Crippen molar-refractivity contribution in [2.75, 3.05) is 19.5 Å². The van der Waals surface area contributed by atoms with Crippen LogP contribution in [0.25, 0.3) is 10.9 Å². The van der Waals surface area contributed by atoms with Gasteiger partial charge in [0.1, 0.15) is 17.2 Å². The van der Waals surface area contributed by atoms with Crippen molar-refractivity contribution in [3.63, 3.8) is 0 Å². The van der Waals surface area contributed by atoms with Crippen molar-refractivity contribution in [2.24, 2.45) is 5.90 Å². The van der Waals surface area contributed by atoms with Gasteiger partial charge in [-0.25, -0.2) is 10.7 Å². The van der Waals surface area contributed by atoms with Gasteiger partial charge in [0.2, 0.25) is 0 Å². The molecule has 1 aromatic heterocycles. The minimum Gasteiger partial charge on any atom is -0.496 e. The van der Waals surface area contributed by atoms with E-state index in [9.17, 15) is 9.59 Å². The van der Waals surface area contributed by atoms with E-state index >= 15 is 0 Å². The quantitative estimate of drug-likeness (QED) is 0.371. The highest BCUT2D eigenvalue weighted by molar-refractivity contribution is 6.33. The topological polar surface area (TPSA) is 125 Å². The maximum Gasteiger partial charge on any atom is 0.319 e. The number of aromatic nitrogens is 1.